The number of hydrogen-bond donors (Lipinski definition) is 0. The van der Waals surface area contributed by atoms with E-state index in [1.165, 1.54) is 97.7 Å². The molecule has 0 spiro atoms. The van der Waals surface area contributed by atoms with Crippen molar-refractivity contribution in [2.45, 2.75) is 0 Å². The van der Waals surface area contributed by atoms with Gasteiger partial charge in [0.05, 0.1) is 0 Å². The van der Waals surface area contributed by atoms with E-state index in [0.29, 0.717) is 0 Å². The van der Waals surface area contributed by atoms with Gasteiger partial charge >= 0.3 is 0 Å². The first kappa shape index (κ1) is 39.3. The molecule has 0 aliphatic heterocycles. The molecule has 0 N–H and O–H groups in total. The third-order valence-corrected chi connectivity index (χ3v) is 14.2. The minimum Gasteiger partial charge on any atom is -0.311 e. The van der Waals surface area contributed by atoms with Crippen molar-refractivity contribution in [3.05, 3.63) is 261 Å². The van der Waals surface area contributed by atoms with Crippen LogP contribution < -0.4 is 4.90 Å². The van der Waals surface area contributed by atoms with Crippen molar-refractivity contribution < 1.29 is 0 Å². The summed E-state index contributed by atoms with van der Waals surface area (Å²) in [7, 11) is 0. The third-order valence-electron chi connectivity index (χ3n) is 12.9. The van der Waals surface area contributed by atoms with Crippen LogP contribution in [0.3, 0.4) is 0 Å². The van der Waals surface area contributed by atoms with E-state index < -0.39 is 0 Å². The average molecular weight is 858 g/mol. The molecule has 1 aromatic heterocycles. The van der Waals surface area contributed by atoms with Gasteiger partial charge in [0, 0.05) is 37.2 Å². The highest BCUT2D eigenvalue weighted by Crippen LogP contribution is 2.45. The summed E-state index contributed by atoms with van der Waals surface area (Å²) in [6.45, 7) is 0. The highest BCUT2D eigenvalue weighted by molar-refractivity contribution is 7.26. The standard InChI is InChI=1S/C64H43NS/c1-4-15-44(16-5-1)45-29-36-52(37-30-45)65(54-40-33-50(34-41-54)58-25-14-28-61-60-27-13-24-57(63(60)66-64(58)61)49-19-8-3-9-20-49)53-38-31-46(32-39-53)51-35-42-56(47-17-6-2-7-18-47)62(43-51)59-26-12-22-48-21-10-11-23-55(48)59/h1-43H. The van der Waals surface area contributed by atoms with Gasteiger partial charge in [-0.3, -0.25) is 0 Å². The summed E-state index contributed by atoms with van der Waals surface area (Å²) < 4.78 is 2.64. The normalized spacial score (nSPS) is 11.3. The van der Waals surface area contributed by atoms with Crippen LogP contribution in [0.2, 0.25) is 0 Å². The maximum atomic E-state index is 2.37. The monoisotopic (exact) mass is 857 g/mol. The molecule has 0 saturated heterocycles. The molecule has 0 unspecified atom stereocenters. The van der Waals surface area contributed by atoms with E-state index in [4.69, 9.17) is 0 Å². The first-order valence-electron chi connectivity index (χ1n) is 22.6. The van der Waals surface area contributed by atoms with Gasteiger partial charge < -0.3 is 4.90 Å². The zero-order valence-corrected chi connectivity index (χ0v) is 37.0. The van der Waals surface area contributed by atoms with E-state index >= 15 is 0 Å². The molecule has 0 fully saturated rings. The predicted molar refractivity (Wildman–Crippen MR) is 284 cm³/mol. The second kappa shape index (κ2) is 17.0. The summed E-state index contributed by atoms with van der Waals surface area (Å²) in [6.07, 6.45) is 0. The molecule has 11 aromatic carbocycles. The Hall–Kier alpha value is -8.30. The summed E-state index contributed by atoms with van der Waals surface area (Å²) >= 11 is 1.90. The molecular weight excluding hydrogens is 815 g/mol. The van der Waals surface area contributed by atoms with E-state index in [9.17, 15) is 0 Å². The first-order chi connectivity index (χ1) is 32.7. The Morgan fingerprint density at radius 2 is 0.606 bits per heavy atom. The fraction of sp³-hybridized carbons (Fsp3) is 0. The summed E-state index contributed by atoms with van der Waals surface area (Å²) in [6, 6.07) is 94.9. The number of thiophene rings is 1. The summed E-state index contributed by atoms with van der Waals surface area (Å²) in [5.41, 5.74) is 17.9. The van der Waals surface area contributed by atoms with Gasteiger partial charge in [-0.2, -0.15) is 0 Å². The summed E-state index contributed by atoms with van der Waals surface area (Å²) in [4.78, 5) is 2.37. The molecule has 0 aliphatic rings. The summed E-state index contributed by atoms with van der Waals surface area (Å²) in [5.74, 6) is 0. The van der Waals surface area contributed by atoms with Crippen molar-refractivity contribution in [1.82, 2.24) is 0 Å². The van der Waals surface area contributed by atoms with Crippen LogP contribution in [0.15, 0.2) is 261 Å². The lowest BCUT2D eigenvalue weighted by atomic mass is 9.89. The molecular formula is C64H43NS. The van der Waals surface area contributed by atoms with Gasteiger partial charge in [0.25, 0.3) is 0 Å². The van der Waals surface area contributed by atoms with Crippen molar-refractivity contribution in [3.8, 4) is 66.8 Å². The average Bonchev–Trinajstić information content (AvgIpc) is 3.79. The molecule has 1 nitrogen and oxygen atoms in total. The molecule has 1 heterocycles. The Kier molecular flexibility index (Phi) is 10.1. The highest BCUT2D eigenvalue weighted by Gasteiger charge is 2.18. The van der Waals surface area contributed by atoms with E-state index in [1.54, 1.807) is 0 Å². The molecule has 66 heavy (non-hydrogen) atoms. The smallest absolute Gasteiger partial charge is 0.0462 e. The number of nitrogens with zero attached hydrogens (tertiary/aromatic N) is 1. The molecule has 2 heteroatoms. The second-order valence-corrected chi connectivity index (χ2v) is 17.8. The van der Waals surface area contributed by atoms with Gasteiger partial charge in [0.2, 0.25) is 0 Å². The fourth-order valence-corrected chi connectivity index (χ4v) is 11.0. The Labute approximate surface area is 389 Å². The Balaban J connectivity index is 0.934. The molecule has 12 rings (SSSR count). The van der Waals surface area contributed by atoms with E-state index in [-0.39, 0.29) is 0 Å². The fourth-order valence-electron chi connectivity index (χ4n) is 9.64. The minimum absolute atomic E-state index is 1.09. The molecule has 310 valence electrons. The molecule has 0 bridgehead atoms. The van der Waals surface area contributed by atoms with Crippen LogP contribution in [0.1, 0.15) is 0 Å². The maximum Gasteiger partial charge on any atom is 0.0462 e. The summed E-state index contributed by atoms with van der Waals surface area (Å²) in [5, 5.41) is 5.10. The van der Waals surface area contributed by atoms with Gasteiger partial charge in [-0.05, 0) is 120 Å². The van der Waals surface area contributed by atoms with Crippen LogP contribution >= 0.6 is 11.3 Å². The molecule has 0 amide bonds. The molecule has 0 saturated carbocycles. The number of rotatable bonds is 9. The number of anilines is 3. The molecule has 0 aliphatic carbocycles. The largest absolute Gasteiger partial charge is 0.311 e. The lowest BCUT2D eigenvalue weighted by Crippen LogP contribution is -2.09. The first-order valence-corrected chi connectivity index (χ1v) is 23.4. The van der Waals surface area contributed by atoms with Gasteiger partial charge in [-0.1, -0.05) is 218 Å². The quantitative estimate of drug-likeness (QED) is 0.140. The van der Waals surface area contributed by atoms with Crippen molar-refractivity contribution in [1.29, 1.82) is 0 Å². The van der Waals surface area contributed by atoms with Crippen LogP contribution in [-0.4, -0.2) is 0 Å². The van der Waals surface area contributed by atoms with Crippen LogP contribution in [0, 0.1) is 0 Å². The Bertz CT molecular complexity index is 3640. The van der Waals surface area contributed by atoms with Crippen LogP contribution in [0.25, 0.3) is 97.7 Å². The van der Waals surface area contributed by atoms with E-state index in [0.717, 1.165) is 17.1 Å². The zero-order valence-electron chi connectivity index (χ0n) is 36.2. The van der Waals surface area contributed by atoms with Gasteiger partial charge in [-0.15, -0.1) is 11.3 Å². The van der Waals surface area contributed by atoms with Gasteiger partial charge in [-0.25, -0.2) is 0 Å². The maximum absolute atomic E-state index is 2.37. The zero-order chi connectivity index (χ0) is 43.8. The van der Waals surface area contributed by atoms with Gasteiger partial charge in [0.1, 0.15) is 0 Å². The SMILES string of the molecule is c1ccc(-c2ccc(N(c3ccc(-c4ccc(-c5ccccc5)c(-c5cccc6ccccc56)c4)cc3)c3ccc(-c4cccc5c4sc4c(-c6ccccc6)cccc45)cc3)cc2)cc1. The lowest BCUT2D eigenvalue weighted by Gasteiger charge is -2.26. The predicted octanol–water partition coefficient (Wildman–Crippen LogP) is 18.7. The topological polar surface area (TPSA) is 3.24 Å². The van der Waals surface area contributed by atoms with E-state index in [2.05, 4.69) is 266 Å². The second-order valence-electron chi connectivity index (χ2n) is 16.8. The van der Waals surface area contributed by atoms with E-state index in [1.807, 2.05) is 11.3 Å². The number of benzene rings is 11. The third kappa shape index (κ3) is 7.24. The number of fused-ring (bicyclic) bond motifs is 4. The number of hydrogen-bond acceptors (Lipinski definition) is 2. The van der Waals surface area contributed by atoms with Crippen molar-refractivity contribution >= 4 is 59.3 Å². The Morgan fingerprint density at radius 3 is 1.18 bits per heavy atom. The van der Waals surface area contributed by atoms with Crippen molar-refractivity contribution in [2.75, 3.05) is 4.90 Å². The minimum atomic E-state index is 1.09. The van der Waals surface area contributed by atoms with Crippen molar-refractivity contribution in [3.63, 3.8) is 0 Å². The van der Waals surface area contributed by atoms with Crippen LogP contribution in [-0.2, 0) is 0 Å². The lowest BCUT2D eigenvalue weighted by molar-refractivity contribution is 1.28. The van der Waals surface area contributed by atoms with Crippen LogP contribution in [0.4, 0.5) is 17.1 Å². The van der Waals surface area contributed by atoms with Crippen LogP contribution in [0.5, 0.6) is 0 Å². The molecule has 12 aromatic rings. The van der Waals surface area contributed by atoms with Gasteiger partial charge in [0.15, 0.2) is 0 Å². The van der Waals surface area contributed by atoms with Crippen molar-refractivity contribution in [2.24, 2.45) is 0 Å². The highest BCUT2D eigenvalue weighted by atomic mass is 32.1. The Morgan fingerprint density at radius 1 is 0.227 bits per heavy atom. The molecule has 0 atom stereocenters. The molecule has 0 radical (unpaired) electrons.